The van der Waals surface area contributed by atoms with E-state index in [0.717, 1.165) is 0 Å². The molecule has 0 bridgehead atoms. The Balaban J connectivity index is 2.61. The molecule has 2 amide bonds. The van der Waals surface area contributed by atoms with Crippen LogP contribution < -0.4 is 10.6 Å². The van der Waals surface area contributed by atoms with E-state index < -0.39 is 23.6 Å². The third kappa shape index (κ3) is 5.83. The number of hydrogen-bond acceptors (Lipinski definition) is 3. The van der Waals surface area contributed by atoms with Gasteiger partial charge in [-0.25, -0.2) is 9.59 Å². The normalized spacial score (nSPS) is 12.5. The average molecular weight is 294 g/mol. The van der Waals surface area contributed by atoms with Crippen molar-refractivity contribution >= 4 is 12.0 Å². The zero-order valence-electron chi connectivity index (χ0n) is 12.6. The summed E-state index contributed by atoms with van der Waals surface area (Å²) < 4.78 is 5.46. The predicted molar refractivity (Wildman–Crippen MR) is 79.1 cm³/mol. The first-order valence-electron chi connectivity index (χ1n) is 6.82. The van der Waals surface area contributed by atoms with Crippen LogP contribution in [0, 0.1) is 0 Å². The zero-order valence-corrected chi connectivity index (χ0v) is 12.6. The van der Waals surface area contributed by atoms with Gasteiger partial charge in [-0.3, -0.25) is 0 Å². The van der Waals surface area contributed by atoms with Crippen molar-refractivity contribution in [2.75, 3.05) is 13.2 Å². The van der Waals surface area contributed by atoms with E-state index in [1.807, 2.05) is 20.8 Å². The van der Waals surface area contributed by atoms with Crippen LogP contribution in [0.3, 0.4) is 0 Å². The maximum Gasteiger partial charge on any atom is 0.330 e. The summed E-state index contributed by atoms with van der Waals surface area (Å²) in [6.45, 7) is 6.40. The lowest BCUT2D eigenvalue weighted by molar-refractivity contribution is -0.139. The van der Waals surface area contributed by atoms with E-state index in [4.69, 9.17) is 4.74 Å². The molecule has 21 heavy (non-hydrogen) atoms. The summed E-state index contributed by atoms with van der Waals surface area (Å²) in [7, 11) is 0. The summed E-state index contributed by atoms with van der Waals surface area (Å²) in [5.74, 6) is -1.11. The first kappa shape index (κ1) is 17.0. The van der Waals surface area contributed by atoms with E-state index in [1.54, 1.807) is 30.3 Å². The smallest absolute Gasteiger partial charge is 0.330 e. The molecule has 0 fully saturated rings. The number of carbonyl (C=O) groups excluding carboxylic acids is 1. The lowest BCUT2D eigenvalue weighted by atomic mass is 10.1. The zero-order chi connectivity index (χ0) is 15.9. The number of ether oxygens (including phenoxy) is 1. The Kier molecular flexibility index (Phi) is 6.17. The van der Waals surface area contributed by atoms with Gasteiger partial charge in [0.15, 0.2) is 6.04 Å². The average Bonchev–Trinajstić information content (AvgIpc) is 2.43. The van der Waals surface area contributed by atoms with E-state index in [-0.39, 0.29) is 6.54 Å². The summed E-state index contributed by atoms with van der Waals surface area (Å²) in [6.07, 6.45) is 0. The van der Waals surface area contributed by atoms with Crippen molar-refractivity contribution in [3.05, 3.63) is 35.9 Å². The highest BCUT2D eigenvalue weighted by Crippen LogP contribution is 2.12. The second-order valence-corrected chi connectivity index (χ2v) is 5.20. The van der Waals surface area contributed by atoms with Crippen molar-refractivity contribution < 1.29 is 19.4 Å². The number of hydrogen-bond donors (Lipinski definition) is 3. The highest BCUT2D eigenvalue weighted by atomic mass is 16.5. The topological polar surface area (TPSA) is 87.7 Å². The quantitative estimate of drug-likeness (QED) is 0.717. The molecule has 0 heterocycles. The molecule has 0 saturated heterocycles. The molecule has 0 aromatic heterocycles. The number of carboxylic acid groups (broad SMARTS) is 1. The molecule has 0 radical (unpaired) electrons. The Morgan fingerprint density at radius 3 is 2.43 bits per heavy atom. The van der Waals surface area contributed by atoms with E-state index in [2.05, 4.69) is 10.6 Å². The monoisotopic (exact) mass is 294 g/mol. The fraction of sp³-hybridized carbons (Fsp3) is 0.467. The number of amides is 2. The van der Waals surface area contributed by atoms with Crippen molar-refractivity contribution in [3.8, 4) is 0 Å². The molecular formula is C15H22N2O4. The summed E-state index contributed by atoms with van der Waals surface area (Å²) in [5.41, 5.74) is 0.0154. The Morgan fingerprint density at radius 2 is 1.90 bits per heavy atom. The second kappa shape index (κ2) is 7.64. The molecule has 0 aliphatic carbocycles. The molecule has 1 aromatic carbocycles. The molecule has 6 nitrogen and oxygen atoms in total. The van der Waals surface area contributed by atoms with Crippen LogP contribution >= 0.6 is 0 Å². The third-order valence-corrected chi connectivity index (χ3v) is 2.87. The Hall–Kier alpha value is -2.08. The largest absolute Gasteiger partial charge is 0.479 e. The minimum atomic E-state index is -1.11. The molecule has 6 heteroatoms. The van der Waals surface area contributed by atoms with Gasteiger partial charge < -0.3 is 20.5 Å². The maximum atomic E-state index is 11.8. The molecule has 1 aromatic rings. The van der Waals surface area contributed by atoms with Gasteiger partial charge >= 0.3 is 12.0 Å². The van der Waals surface area contributed by atoms with Gasteiger partial charge in [-0.05, 0) is 26.3 Å². The van der Waals surface area contributed by atoms with Crippen LogP contribution in [0.5, 0.6) is 0 Å². The van der Waals surface area contributed by atoms with Crippen molar-refractivity contribution in [3.63, 3.8) is 0 Å². The van der Waals surface area contributed by atoms with Gasteiger partial charge in [-0.1, -0.05) is 30.3 Å². The number of carboxylic acids is 1. The molecule has 0 aliphatic rings. The Morgan fingerprint density at radius 1 is 1.29 bits per heavy atom. The Labute approximate surface area is 124 Å². The van der Waals surface area contributed by atoms with Gasteiger partial charge in [0.25, 0.3) is 0 Å². The SMILES string of the molecule is CCOC(C)(C)CNC(=O)N[C@H](C(=O)O)c1ccccc1. The lowest BCUT2D eigenvalue weighted by Gasteiger charge is -2.25. The maximum absolute atomic E-state index is 11.8. The molecule has 0 unspecified atom stereocenters. The number of aliphatic carboxylic acids is 1. The summed E-state index contributed by atoms with van der Waals surface area (Å²) in [5, 5.41) is 14.3. The first-order chi connectivity index (χ1) is 9.85. The molecule has 0 aliphatic heterocycles. The van der Waals surface area contributed by atoms with Crippen LogP contribution in [0.2, 0.25) is 0 Å². The van der Waals surface area contributed by atoms with Gasteiger partial charge in [-0.15, -0.1) is 0 Å². The predicted octanol–water partition coefficient (Wildman–Crippen LogP) is 1.93. The van der Waals surface area contributed by atoms with Crippen molar-refractivity contribution in [1.82, 2.24) is 10.6 Å². The molecule has 1 atom stereocenters. The molecule has 0 spiro atoms. The van der Waals surface area contributed by atoms with Gasteiger partial charge in [-0.2, -0.15) is 0 Å². The van der Waals surface area contributed by atoms with Gasteiger partial charge in [0, 0.05) is 13.2 Å². The highest BCUT2D eigenvalue weighted by Gasteiger charge is 2.23. The summed E-state index contributed by atoms with van der Waals surface area (Å²) in [6, 6.07) is 6.92. The molecule has 116 valence electrons. The summed E-state index contributed by atoms with van der Waals surface area (Å²) >= 11 is 0. The number of benzene rings is 1. The summed E-state index contributed by atoms with van der Waals surface area (Å²) in [4.78, 5) is 23.1. The van der Waals surface area contributed by atoms with Gasteiger partial charge in [0.05, 0.1) is 5.60 Å². The van der Waals surface area contributed by atoms with E-state index in [9.17, 15) is 14.7 Å². The van der Waals surface area contributed by atoms with Crippen molar-refractivity contribution in [1.29, 1.82) is 0 Å². The van der Waals surface area contributed by atoms with Crippen LogP contribution in [0.4, 0.5) is 4.79 Å². The molecule has 3 N–H and O–H groups in total. The highest BCUT2D eigenvalue weighted by molar-refractivity contribution is 5.83. The van der Waals surface area contributed by atoms with Gasteiger partial charge in [0.1, 0.15) is 0 Å². The van der Waals surface area contributed by atoms with Crippen LogP contribution in [0.1, 0.15) is 32.4 Å². The minimum Gasteiger partial charge on any atom is -0.479 e. The lowest BCUT2D eigenvalue weighted by Crippen LogP contribution is -2.46. The first-order valence-corrected chi connectivity index (χ1v) is 6.82. The number of rotatable bonds is 7. The number of urea groups is 1. The van der Waals surface area contributed by atoms with Crippen LogP contribution in [0.15, 0.2) is 30.3 Å². The van der Waals surface area contributed by atoms with E-state index in [1.165, 1.54) is 0 Å². The van der Waals surface area contributed by atoms with Crippen LogP contribution in [-0.4, -0.2) is 35.9 Å². The Bertz CT molecular complexity index is 474. The van der Waals surface area contributed by atoms with Crippen molar-refractivity contribution in [2.45, 2.75) is 32.4 Å². The van der Waals surface area contributed by atoms with E-state index in [0.29, 0.717) is 12.2 Å². The van der Waals surface area contributed by atoms with E-state index >= 15 is 0 Å². The van der Waals surface area contributed by atoms with Gasteiger partial charge in [0.2, 0.25) is 0 Å². The standard InChI is InChI=1S/C15H22N2O4/c1-4-21-15(2,3)10-16-14(20)17-12(13(18)19)11-8-6-5-7-9-11/h5-9,12H,4,10H2,1-3H3,(H,18,19)(H2,16,17,20)/t12-/m0/s1. The molecule has 1 rings (SSSR count). The second-order valence-electron chi connectivity index (χ2n) is 5.20. The van der Waals surface area contributed by atoms with Crippen LogP contribution in [-0.2, 0) is 9.53 Å². The fourth-order valence-corrected chi connectivity index (χ4v) is 1.85. The number of nitrogens with one attached hydrogen (secondary N) is 2. The molecular weight excluding hydrogens is 272 g/mol. The molecule has 0 saturated carbocycles. The fourth-order valence-electron chi connectivity index (χ4n) is 1.85. The number of carbonyl (C=O) groups is 2. The third-order valence-electron chi connectivity index (χ3n) is 2.87. The van der Waals surface area contributed by atoms with Crippen molar-refractivity contribution in [2.24, 2.45) is 0 Å². The van der Waals surface area contributed by atoms with Crippen LogP contribution in [0.25, 0.3) is 0 Å². The minimum absolute atomic E-state index is 0.286.